The van der Waals surface area contributed by atoms with Gasteiger partial charge in [-0.25, -0.2) is 9.59 Å². The van der Waals surface area contributed by atoms with E-state index in [0.29, 0.717) is 28.4 Å². The summed E-state index contributed by atoms with van der Waals surface area (Å²) < 4.78 is 33.5. The van der Waals surface area contributed by atoms with E-state index in [1.165, 1.54) is 19.0 Å². The summed E-state index contributed by atoms with van der Waals surface area (Å²) in [6.45, 7) is -2.19. The van der Waals surface area contributed by atoms with Crippen molar-refractivity contribution in [3.8, 4) is 0 Å². The zero-order valence-corrected chi connectivity index (χ0v) is 15.6. The van der Waals surface area contributed by atoms with Crippen LogP contribution in [0.1, 0.15) is 29.0 Å². The molecule has 1 atom stereocenters. The minimum atomic E-state index is -2.21. The van der Waals surface area contributed by atoms with Crippen molar-refractivity contribution < 1.29 is 25.3 Å². The standard InChI is InChI=1S/C16H19ClN2.C4H4O4/c1-19(2)12-10-15(16-5-3-4-11-18-16)13-6-8-14(17)9-7-13;5-3(6)1-2-4(7)8/h3-9,11,15H,10,12H2,1-2H3;1-2H,(H,5,6)(H,7,8)/b;2-1-/i10D2,12D2;. The second-order valence-electron chi connectivity index (χ2n) is 5.40. The van der Waals surface area contributed by atoms with Gasteiger partial charge in [0.2, 0.25) is 0 Å². The predicted octanol–water partition coefficient (Wildman–Crippen LogP) is 3.53. The predicted molar refractivity (Wildman–Crippen MR) is 105 cm³/mol. The number of halogens is 1. The lowest BCUT2D eigenvalue weighted by Crippen LogP contribution is -2.17. The highest BCUT2D eigenvalue weighted by atomic mass is 35.5. The minimum absolute atomic E-state index is 0.477. The number of hydrogen-bond donors (Lipinski definition) is 2. The second-order valence-corrected chi connectivity index (χ2v) is 5.84. The number of benzene rings is 1. The summed E-state index contributed by atoms with van der Waals surface area (Å²) in [6.07, 6.45) is 0.489. The Morgan fingerprint density at radius 3 is 2.19 bits per heavy atom. The number of hydrogen-bond acceptors (Lipinski definition) is 4. The topological polar surface area (TPSA) is 90.7 Å². The molecule has 0 radical (unpaired) electrons. The highest BCUT2D eigenvalue weighted by Crippen LogP contribution is 2.27. The van der Waals surface area contributed by atoms with E-state index < -0.39 is 30.7 Å². The van der Waals surface area contributed by atoms with Gasteiger partial charge in [0.15, 0.2) is 0 Å². The fourth-order valence-corrected chi connectivity index (χ4v) is 1.99. The van der Waals surface area contributed by atoms with Crippen molar-refractivity contribution in [3.63, 3.8) is 0 Å². The van der Waals surface area contributed by atoms with Crippen molar-refractivity contribution in [2.24, 2.45) is 0 Å². The van der Waals surface area contributed by atoms with Gasteiger partial charge in [-0.05, 0) is 56.8 Å². The third-order valence-electron chi connectivity index (χ3n) is 2.99. The lowest BCUT2D eigenvalue weighted by molar-refractivity contribution is -0.134. The van der Waals surface area contributed by atoms with Crippen LogP contribution in [0, 0.1) is 0 Å². The van der Waals surface area contributed by atoms with E-state index >= 15 is 0 Å². The SMILES string of the molecule is O=C(O)/C=C\C(=O)O.[2H]C([2H])(C(c1ccc(Cl)cc1)c1ccccn1)C([2H])([2H])N(C)C. The Morgan fingerprint density at radius 2 is 1.74 bits per heavy atom. The normalized spacial score (nSPS) is 15.0. The van der Waals surface area contributed by atoms with Crippen molar-refractivity contribution in [2.45, 2.75) is 12.3 Å². The molecule has 1 heterocycles. The summed E-state index contributed by atoms with van der Waals surface area (Å²) in [6, 6.07) is 12.0. The van der Waals surface area contributed by atoms with Gasteiger partial charge in [-0.3, -0.25) is 4.98 Å². The highest BCUT2D eigenvalue weighted by Gasteiger charge is 2.15. The Labute approximate surface area is 169 Å². The molecule has 1 unspecified atom stereocenters. The summed E-state index contributed by atoms with van der Waals surface area (Å²) in [5.74, 6) is -3.38. The molecule has 2 aromatic rings. The van der Waals surface area contributed by atoms with E-state index in [-0.39, 0.29) is 0 Å². The fourth-order valence-electron chi connectivity index (χ4n) is 1.87. The summed E-state index contributed by atoms with van der Waals surface area (Å²) in [5, 5.41) is 16.2. The Balaban J connectivity index is 0.000000512. The maximum Gasteiger partial charge on any atom is 0.328 e. The summed E-state index contributed by atoms with van der Waals surface area (Å²) in [5.41, 5.74) is 1.11. The lowest BCUT2D eigenvalue weighted by atomic mass is 9.92. The van der Waals surface area contributed by atoms with Crippen LogP contribution in [0.2, 0.25) is 5.02 Å². The third kappa shape index (κ3) is 9.53. The van der Waals surface area contributed by atoms with Crippen LogP contribution < -0.4 is 0 Å². The number of carboxylic acid groups (broad SMARTS) is 2. The molecule has 144 valence electrons. The van der Waals surface area contributed by atoms with E-state index in [0.717, 1.165) is 0 Å². The quantitative estimate of drug-likeness (QED) is 0.698. The van der Waals surface area contributed by atoms with Gasteiger partial charge >= 0.3 is 11.9 Å². The third-order valence-corrected chi connectivity index (χ3v) is 3.24. The molecule has 0 spiro atoms. The Kier molecular flexibility index (Phi) is 7.22. The molecule has 0 aliphatic heterocycles. The van der Waals surface area contributed by atoms with Crippen molar-refractivity contribution in [1.82, 2.24) is 9.88 Å². The van der Waals surface area contributed by atoms with Crippen LogP contribution in [0.25, 0.3) is 0 Å². The number of carbonyl (C=O) groups is 2. The van der Waals surface area contributed by atoms with Crippen molar-refractivity contribution in [3.05, 3.63) is 77.1 Å². The maximum atomic E-state index is 9.55. The maximum absolute atomic E-state index is 9.55. The first-order chi connectivity index (χ1) is 14.3. The molecule has 0 fully saturated rings. The first-order valence-corrected chi connectivity index (χ1v) is 8.16. The van der Waals surface area contributed by atoms with Crippen molar-refractivity contribution >= 4 is 23.5 Å². The molecule has 0 aliphatic rings. The van der Waals surface area contributed by atoms with Crippen LogP contribution >= 0.6 is 11.6 Å². The monoisotopic (exact) mass is 394 g/mol. The number of nitrogens with zero attached hydrogens (tertiary/aromatic N) is 2. The van der Waals surface area contributed by atoms with Crippen LogP contribution in [-0.4, -0.2) is 52.6 Å². The highest BCUT2D eigenvalue weighted by molar-refractivity contribution is 6.30. The molecule has 1 aromatic heterocycles. The zero-order chi connectivity index (χ0) is 23.8. The lowest BCUT2D eigenvalue weighted by Gasteiger charge is -2.19. The van der Waals surface area contributed by atoms with Gasteiger partial charge in [0.25, 0.3) is 0 Å². The van der Waals surface area contributed by atoms with Gasteiger partial charge in [-0.15, -0.1) is 0 Å². The smallest absolute Gasteiger partial charge is 0.328 e. The largest absolute Gasteiger partial charge is 0.478 e. The van der Waals surface area contributed by atoms with E-state index in [4.69, 9.17) is 27.3 Å². The molecule has 0 bridgehead atoms. The average Bonchev–Trinajstić information content (AvgIpc) is 2.69. The van der Waals surface area contributed by atoms with Crippen LogP contribution in [0.3, 0.4) is 0 Å². The molecule has 7 heteroatoms. The Hall–Kier alpha value is -2.70. The molecule has 27 heavy (non-hydrogen) atoms. The molecule has 2 N–H and O–H groups in total. The number of rotatable bonds is 7. The summed E-state index contributed by atoms with van der Waals surface area (Å²) >= 11 is 5.93. The van der Waals surface area contributed by atoms with Crippen LogP contribution in [0.4, 0.5) is 0 Å². The molecule has 2 rings (SSSR count). The Morgan fingerprint density at radius 1 is 1.15 bits per heavy atom. The van der Waals surface area contributed by atoms with Crippen LogP contribution in [-0.2, 0) is 9.59 Å². The molecule has 0 saturated heterocycles. The molecule has 0 amide bonds. The number of aliphatic carboxylic acids is 2. The van der Waals surface area contributed by atoms with Gasteiger partial charge in [0.1, 0.15) is 0 Å². The van der Waals surface area contributed by atoms with E-state index in [2.05, 4.69) is 4.98 Å². The molecule has 6 nitrogen and oxygen atoms in total. The van der Waals surface area contributed by atoms with Crippen molar-refractivity contribution in [1.29, 1.82) is 0 Å². The first-order valence-electron chi connectivity index (χ1n) is 9.78. The number of pyridine rings is 1. The van der Waals surface area contributed by atoms with Gasteiger partial charge in [0.05, 0.1) is 0 Å². The summed E-state index contributed by atoms with van der Waals surface area (Å²) in [7, 11) is 3.05. The fraction of sp³-hybridized carbons (Fsp3) is 0.250. The average molecular weight is 395 g/mol. The van der Waals surface area contributed by atoms with Gasteiger partial charge in [-0.1, -0.05) is 29.8 Å². The minimum Gasteiger partial charge on any atom is -0.478 e. The van der Waals surface area contributed by atoms with Crippen molar-refractivity contribution in [2.75, 3.05) is 20.6 Å². The van der Waals surface area contributed by atoms with Crippen LogP contribution in [0.15, 0.2) is 60.8 Å². The number of aromatic nitrogens is 1. The van der Waals surface area contributed by atoms with Gasteiger partial charge in [-0.2, -0.15) is 0 Å². The van der Waals surface area contributed by atoms with E-state index in [1.807, 2.05) is 0 Å². The van der Waals surface area contributed by atoms with Crippen LogP contribution in [0.5, 0.6) is 0 Å². The molecule has 1 aromatic carbocycles. The van der Waals surface area contributed by atoms with Gasteiger partial charge in [0, 0.05) is 40.5 Å². The Bertz CT molecular complexity index is 891. The van der Waals surface area contributed by atoms with Gasteiger partial charge < -0.3 is 15.1 Å². The van der Waals surface area contributed by atoms with E-state index in [9.17, 15) is 9.59 Å². The molecule has 0 aliphatic carbocycles. The summed E-state index contributed by atoms with van der Waals surface area (Å²) in [4.78, 5) is 24.6. The molecule has 0 saturated carbocycles. The zero-order valence-electron chi connectivity index (χ0n) is 18.8. The van der Waals surface area contributed by atoms with E-state index in [1.54, 1.807) is 48.7 Å². The molecular formula is C20H23ClN2O4. The second kappa shape index (κ2) is 11.8. The molecular weight excluding hydrogens is 368 g/mol. The first kappa shape index (κ1) is 16.5. The number of carboxylic acids is 2.